The van der Waals surface area contributed by atoms with E-state index >= 15 is 0 Å². The van der Waals surface area contributed by atoms with Crippen molar-refractivity contribution in [2.45, 2.75) is 13.2 Å². The second-order valence-corrected chi connectivity index (χ2v) is 5.92. The van der Waals surface area contributed by atoms with Gasteiger partial charge in [0.25, 0.3) is 5.69 Å². The molecule has 0 amide bonds. The number of methoxy groups -OCH3 is 1. The second kappa shape index (κ2) is 7.20. The molecule has 0 bridgehead atoms. The molecule has 2 heterocycles. The van der Waals surface area contributed by atoms with Gasteiger partial charge in [-0.2, -0.15) is 5.10 Å². The summed E-state index contributed by atoms with van der Waals surface area (Å²) in [5.74, 6) is 1.34. The van der Waals surface area contributed by atoms with Crippen molar-refractivity contribution in [1.82, 2.24) is 15.2 Å². The Labute approximate surface area is 141 Å². The molecular weight excluding hydrogens is 330 g/mol. The quantitative estimate of drug-likeness (QED) is 0.503. The fraction of sp³-hybridized carbons (Fsp3) is 0.200. The summed E-state index contributed by atoms with van der Waals surface area (Å²) in [6.07, 6.45) is 0. The van der Waals surface area contributed by atoms with Gasteiger partial charge in [0.2, 0.25) is 0 Å². The lowest BCUT2D eigenvalue weighted by Crippen LogP contribution is -2.05. The molecule has 24 heavy (non-hydrogen) atoms. The lowest BCUT2D eigenvalue weighted by atomic mass is 10.1. The molecule has 8 nitrogen and oxygen atoms in total. The van der Waals surface area contributed by atoms with Crippen molar-refractivity contribution in [3.05, 3.63) is 57.2 Å². The molecule has 0 saturated carbocycles. The van der Waals surface area contributed by atoms with Crippen molar-refractivity contribution in [3.8, 4) is 10.7 Å². The molecule has 0 spiro atoms. The van der Waals surface area contributed by atoms with Crippen molar-refractivity contribution < 1.29 is 9.66 Å². The molecule has 0 atom stereocenters. The van der Waals surface area contributed by atoms with Gasteiger partial charge in [-0.3, -0.25) is 15.2 Å². The van der Waals surface area contributed by atoms with Crippen LogP contribution in [0.5, 0.6) is 0 Å². The molecule has 0 aliphatic rings. The largest absolute Gasteiger partial charge is 0.380 e. The lowest BCUT2D eigenvalue weighted by molar-refractivity contribution is -0.384. The molecule has 0 aliphatic carbocycles. The van der Waals surface area contributed by atoms with Crippen molar-refractivity contribution in [3.63, 3.8) is 0 Å². The Kier molecular flexibility index (Phi) is 4.82. The van der Waals surface area contributed by atoms with Gasteiger partial charge in [-0.1, -0.05) is 6.07 Å². The summed E-state index contributed by atoms with van der Waals surface area (Å²) in [5.41, 5.74) is 1.51. The first kappa shape index (κ1) is 16.1. The maximum absolute atomic E-state index is 10.9. The Morgan fingerprint density at radius 3 is 3.00 bits per heavy atom. The van der Waals surface area contributed by atoms with Crippen LogP contribution in [0.25, 0.3) is 10.7 Å². The van der Waals surface area contributed by atoms with E-state index in [4.69, 9.17) is 4.74 Å². The van der Waals surface area contributed by atoms with Crippen LogP contribution in [0.1, 0.15) is 11.4 Å². The summed E-state index contributed by atoms with van der Waals surface area (Å²) < 4.78 is 5.11. The van der Waals surface area contributed by atoms with E-state index in [1.54, 1.807) is 24.5 Å². The Balaban J connectivity index is 1.73. The maximum Gasteiger partial charge on any atom is 0.269 e. The highest BCUT2D eigenvalue weighted by molar-refractivity contribution is 7.13. The maximum atomic E-state index is 10.9. The number of benzene rings is 1. The molecule has 0 radical (unpaired) electrons. The van der Waals surface area contributed by atoms with Gasteiger partial charge in [-0.05, 0) is 17.5 Å². The summed E-state index contributed by atoms with van der Waals surface area (Å²) in [6, 6.07) is 8.53. The van der Waals surface area contributed by atoms with E-state index in [0.29, 0.717) is 23.8 Å². The molecule has 0 saturated heterocycles. The first-order valence-corrected chi connectivity index (χ1v) is 8.00. The average molecular weight is 345 g/mol. The number of aromatic nitrogens is 3. The van der Waals surface area contributed by atoms with Crippen LogP contribution in [-0.4, -0.2) is 27.2 Å². The summed E-state index contributed by atoms with van der Waals surface area (Å²) in [7, 11) is 1.55. The molecule has 9 heteroatoms. The van der Waals surface area contributed by atoms with Crippen LogP contribution in [0.15, 0.2) is 35.7 Å². The van der Waals surface area contributed by atoms with Crippen LogP contribution in [-0.2, 0) is 17.9 Å². The van der Waals surface area contributed by atoms with E-state index in [9.17, 15) is 10.1 Å². The van der Waals surface area contributed by atoms with E-state index in [0.717, 1.165) is 10.6 Å². The first-order chi connectivity index (χ1) is 11.7. The summed E-state index contributed by atoms with van der Waals surface area (Å²) >= 11 is 1.57. The first-order valence-electron chi connectivity index (χ1n) is 7.12. The number of nitrogens with zero attached hydrogens (tertiary/aromatic N) is 3. The molecular formula is C15H15N5O3S. The number of thiophene rings is 1. The van der Waals surface area contributed by atoms with Gasteiger partial charge in [0.05, 0.1) is 23.0 Å². The van der Waals surface area contributed by atoms with Gasteiger partial charge in [0.1, 0.15) is 5.82 Å². The van der Waals surface area contributed by atoms with Crippen molar-refractivity contribution >= 4 is 22.7 Å². The minimum absolute atomic E-state index is 0.0345. The summed E-state index contributed by atoms with van der Waals surface area (Å²) in [5, 5.41) is 23.1. The number of hydrogen-bond acceptors (Lipinski definition) is 7. The average Bonchev–Trinajstić information content (AvgIpc) is 3.25. The van der Waals surface area contributed by atoms with E-state index in [-0.39, 0.29) is 12.3 Å². The number of H-pyrrole nitrogens is 1. The van der Waals surface area contributed by atoms with Gasteiger partial charge in [0.15, 0.2) is 5.82 Å². The third kappa shape index (κ3) is 3.58. The Morgan fingerprint density at radius 1 is 1.42 bits per heavy atom. The topological polar surface area (TPSA) is 106 Å². The van der Waals surface area contributed by atoms with Gasteiger partial charge in [0, 0.05) is 30.5 Å². The number of nitro benzene ring substituents is 1. The van der Waals surface area contributed by atoms with Gasteiger partial charge < -0.3 is 10.1 Å². The molecule has 2 aromatic heterocycles. The number of hydrogen-bond donors (Lipinski definition) is 2. The monoisotopic (exact) mass is 345 g/mol. The fourth-order valence-electron chi connectivity index (χ4n) is 2.21. The van der Waals surface area contributed by atoms with Crippen LogP contribution >= 0.6 is 11.3 Å². The zero-order valence-electron chi connectivity index (χ0n) is 12.9. The molecule has 124 valence electrons. The van der Waals surface area contributed by atoms with Crippen LogP contribution in [0.3, 0.4) is 0 Å². The molecule has 0 unspecified atom stereocenters. The normalized spacial score (nSPS) is 10.7. The van der Waals surface area contributed by atoms with Crippen molar-refractivity contribution in [2.24, 2.45) is 0 Å². The minimum Gasteiger partial charge on any atom is -0.380 e. The predicted molar refractivity (Wildman–Crippen MR) is 90.8 cm³/mol. The molecule has 2 N–H and O–H groups in total. The van der Waals surface area contributed by atoms with E-state index in [1.807, 2.05) is 17.5 Å². The lowest BCUT2D eigenvalue weighted by Gasteiger charge is -2.10. The number of rotatable bonds is 7. The van der Waals surface area contributed by atoms with Crippen LogP contribution in [0.2, 0.25) is 0 Å². The van der Waals surface area contributed by atoms with E-state index in [2.05, 4.69) is 20.5 Å². The third-order valence-electron chi connectivity index (χ3n) is 3.32. The fourth-order valence-corrected chi connectivity index (χ4v) is 2.87. The smallest absolute Gasteiger partial charge is 0.269 e. The number of nitro groups is 1. The van der Waals surface area contributed by atoms with Crippen LogP contribution < -0.4 is 5.32 Å². The number of nitrogens with one attached hydrogen (secondary N) is 2. The predicted octanol–water partition coefficient (Wildman–Crippen LogP) is 3.20. The summed E-state index contributed by atoms with van der Waals surface area (Å²) in [4.78, 5) is 15.9. The molecule has 1 aromatic carbocycles. The highest BCUT2D eigenvalue weighted by Crippen LogP contribution is 2.24. The van der Waals surface area contributed by atoms with Crippen LogP contribution in [0.4, 0.5) is 11.4 Å². The second-order valence-electron chi connectivity index (χ2n) is 4.97. The highest BCUT2D eigenvalue weighted by atomic mass is 32.1. The number of non-ortho nitro benzene ring substituents is 1. The Hall–Kier alpha value is -2.78. The molecule has 0 aliphatic heterocycles. The standard InChI is InChI=1S/C15H15N5O3S/c1-23-9-10-7-11(20(21)22)4-5-12(10)16-8-14-17-15(19-18-14)13-3-2-6-24-13/h2-7,16H,8-9H2,1H3,(H,17,18,19). The van der Waals surface area contributed by atoms with Gasteiger partial charge >= 0.3 is 0 Å². The zero-order valence-corrected chi connectivity index (χ0v) is 13.7. The van der Waals surface area contributed by atoms with Crippen LogP contribution in [0, 0.1) is 10.1 Å². The van der Waals surface area contributed by atoms with Crippen molar-refractivity contribution in [2.75, 3.05) is 12.4 Å². The van der Waals surface area contributed by atoms with Gasteiger partial charge in [-0.15, -0.1) is 11.3 Å². The number of ether oxygens (including phenoxy) is 1. The zero-order chi connectivity index (χ0) is 16.9. The Bertz CT molecular complexity index is 832. The van der Waals surface area contributed by atoms with E-state index in [1.165, 1.54) is 12.1 Å². The number of anilines is 1. The third-order valence-corrected chi connectivity index (χ3v) is 4.18. The van der Waals surface area contributed by atoms with Crippen molar-refractivity contribution in [1.29, 1.82) is 0 Å². The minimum atomic E-state index is -0.424. The molecule has 0 fully saturated rings. The molecule has 3 aromatic rings. The van der Waals surface area contributed by atoms with E-state index < -0.39 is 4.92 Å². The Morgan fingerprint density at radius 2 is 2.29 bits per heavy atom. The SMILES string of the molecule is COCc1cc([N+](=O)[O-])ccc1NCc1nc(-c2cccs2)n[nH]1. The van der Waals surface area contributed by atoms with Gasteiger partial charge in [-0.25, -0.2) is 4.98 Å². The highest BCUT2D eigenvalue weighted by Gasteiger charge is 2.12. The molecule has 3 rings (SSSR count). The number of aromatic amines is 1. The summed E-state index contributed by atoms with van der Waals surface area (Å²) in [6.45, 7) is 0.702.